The zero-order valence-electron chi connectivity index (χ0n) is 31.7. The number of aromatic nitrogens is 4. The Kier molecular flexibility index (Phi) is 14.1. The van der Waals surface area contributed by atoms with E-state index in [-0.39, 0.29) is 30.6 Å². The highest BCUT2D eigenvalue weighted by atomic mass is 32.2. The van der Waals surface area contributed by atoms with Crippen molar-refractivity contribution in [1.82, 2.24) is 25.3 Å². The van der Waals surface area contributed by atoms with Crippen LogP contribution >= 0.6 is 0 Å². The molecule has 1 aliphatic rings. The molecule has 0 saturated carbocycles. The van der Waals surface area contributed by atoms with Crippen molar-refractivity contribution in [2.45, 2.75) is 38.5 Å². The Bertz CT molecular complexity index is 2530. The fraction of sp³-hybridized carbons (Fsp3) is 0.250. The Morgan fingerprint density at radius 1 is 0.700 bits per heavy atom. The van der Waals surface area contributed by atoms with Gasteiger partial charge in [0.1, 0.15) is 0 Å². The largest absolute Gasteiger partial charge is 0.415 e. The van der Waals surface area contributed by atoms with Crippen molar-refractivity contribution in [2.24, 2.45) is 0 Å². The first-order valence-electron chi connectivity index (χ1n) is 18.3. The lowest BCUT2D eigenvalue weighted by Crippen LogP contribution is -2.37. The first-order valence-corrected chi connectivity index (χ1v) is 21.4. The molecule has 1 aliphatic heterocycles. The number of rotatable bonds is 16. The van der Waals surface area contributed by atoms with Gasteiger partial charge in [0.15, 0.2) is 0 Å². The monoisotopic (exact) mass is 869 g/mol. The summed E-state index contributed by atoms with van der Waals surface area (Å²) in [5.41, 5.74) is 3.34. The maximum absolute atomic E-state index is 13.3. The van der Waals surface area contributed by atoms with Crippen LogP contribution in [0.4, 0.5) is 28.9 Å². The van der Waals surface area contributed by atoms with Crippen molar-refractivity contribution in [2.75, 3.05) is 34.0 Å². The minimum atomic E-state index is -3.71. The van der Waals surface area contributed by atoms with Gasteiger partial charge < -0.3 is 13.9 Å². The van der Waals surface area contributed by atoms with Crippen LogP contribution in [0.1, 0.15) is 42.2 Å². The Balaban J connectivity index is 0.000000205. The Morgan fingerprint density at radius 3 is 1.55 bits per heavy atom. The molecular weight excluding hydrogens is 831 g/mol. The van der Waals surface area contributed by atoms with Gasteiger partial charge in [0, 0.05) is 36.2 Å². The number of likely N-dealkylation sites (tertiary alicyclic amines) is 1. The van der Waals surface area contributed by atoms with Gasteiger partial charge in [-0.1, -0.05) is 67.2 Å². The number of hydrogen-bond donors (Lipinski definition) is 1. The number of hydrogen-bond acceptors (Lipinski definition) is 12. The molecule has 0 radical (unpaired) electrons. The number of benzene rings is 4. The smallest absolute Gasteiger partial charge is 0.314 e. The maximum Gasteiger partial charge on any atom is 0.314 e. The van der Waals surface area contributed by atoms with E-state index >= 15 is 0 Å². The van der Waals surface area contributed by atoms with Gasteiger partial charge in [0.05, 0.1) is 36.3 Å². The summed E-state index contributed by atoms with van der Waals surface area (Å²) >= 11 is 0. The van der Waals surface area contributed by atoms with Crippen LogP contribution in [-0.4, -0.2) is 78.7 Å². The van der Waals surface area contributed by atoms with Gasteiger partial charge in [-0.25, -0.2) is 16.8 Å². The highest BCUT2D eigenvalue weighted by Crippen LogP contribution is 2.28. The van der Waals surface area contributed by atoms with E-state index in [9.17, 15) is 39.5 Å². The summed E-state index contributed by atoms with van der Waals surface area (Å²) in [5, 5.41) is 24.4. The maximum atomic E-state index is 13.3. The molecule has 3 heterocycles. The first kappa shape index (κ1) is 43.6. The van der Waals surface area contributed by atoms with Crippen LogP contribution in [0.3, 0.4) is 0 Å². The molecule has 6 aromatic rings. The lowest BCUT2D eigenvalue weighted by molar-refractivity contribution is 0.115. The summed E-state index contributed by atoms with van der Waals surface area (Å²) in [6.45, 7) is 5.03. The van der Waals surface area contributed by atoms with E-state index in [1.165, 1.54) is 8.61 Å². The number of sulfonamides is 2. The number of halogens is 4. The van der Waals surface area contributed by atoms with Crippen LogP contribution in [0, 0.1) is 0 Å². The summed E-state index contributed by atoms with van der Waals surface area (Å²) in [5.74, 6) is -1.64. The van der Waals surface area contributed by atoms with Crippen LogP contribution in [0.25, 0.3) is 22.9 Å². The first-order chi connectivity index (χ1) is 28.7. The number of aliphatic hydroxyl groups excluding tert-OH is 1. The molecule has 7 rings (SSSR count). The second-order valence-electron chi connectivity index (χ2n) is 13.3. The van der Waals surface area contributed by atoms with Crippen LogP contribution < -0.4 is 8.61 Å². The number of anilines is 2. The van der Waals surface area contributed by atoms with E-state index < -0.39 is 50.8 Å². The van der Waals surface area contributed by atoms with Gasteiger partial charge in [-0.2, -0.15) is 17.6 Å². The third-order valence-electron chi connectivity index (χ3n) is 9.16. The van der Waals surface area contributed by atoms with Gasteiger partial charge in [-0.05, 0) is 66.1 Å². The molecule has 60 heavy (non-hydrogen) atoms. The molecule has 2 aromatic heterocycles. The SMILES string of the molecule is C=CS(=O)(=O)N(Cc1ccc(-c2nnc(C(F)F)o2)cc1)c1ccccc1.O=S(=O)(CCN1CC[C@H](O)C1)N(Cc1ccc(-c2nnc(C(F)F)o2)cc1)c1ccccc1. The van der Waals surface area contributed by atoms with E-state index in [0.29, 0.717) is 59.7 Å². The van der Waals surface area contributed by atoms with Gasteiger partial charge in [0.25, 0.3) is 21.8 Å². The second-order valence-corrected chi connectivity index (χ2v) is 17.2. The predicted molar refractivity (Wildman–Crippen MR) is 215 cm³/mol. The quantitative estimate of drug-likeness (QED) is 0.0968. The van der Waals surface area contributed by atoms with Crippen LogP contribution in [0.15, 0.2) is 130 Å². The molecule has 0 unspecified atom stereocenters. The zero-order chi connectivity index (χ0) is 42.9. The number of para-hydroxylation sites is 2. The molecule has 316 valence electrons. The van der Waals surface area contributed by atoms with Gasteiger partial charge >= 0.3 is 12.9 Å². The molecule has 0 bridgehead atoms. The van der Waals surface area contributed by atoms with Gasteiger partial charge in [-0.3, -0.25) is 13.5 Å². The summed E-state index contributed by atoms with van der Waals surface area (Å²) in [4.78, 5) is 1.94. The zero-order valence-corrected chi connectivity index (χ0v) is 33.3. The lowest BCUT2D eigenvalue weighted by Gasteiger charge is -2.26. The fourth-order valence-electron chi connectivity index (χ4n) is 6.04. The van der Waals surface area contributed by atoms with Crippen molar-refractivity contribution in [1.29, 1.82) is 0 Å². The fourth-order valence-corrected chi connectivity index (χ4v) is 8.47. The number of alkyl halides is 4. The molecule has 1 N–H and O–H groups in total. The highest BCUT2D eigenvalue weighted by molar-refractivity contribution is 7.95. The van der Waals surface area contributed by atoms with E-state index in [4.69, 9.17) is 8.83 Å². The molecule has 1 fully saturated rings. The van der Waals surface area contributed by atoms with Crippen LogP contribution in [-0.2, 0) is 33.1 Å². The summed E-state index contributed by atoms with van der Waals surface area (Å²) in [7, 11) is -7.37. The molecule has 20 heteroatoms. The molecule has 0 amide bonds. The average Bonchev–Trinajstić information content (AvgIpc) is 4.05. The van der Waals surface area contributed by atoms with Crippen LogP contribution in [0.2, 0.25) is 0 Å². The summed E-state index contributed by atoms with van der Waals surface area (Å²) in [6, 6.07) is 30.6. The van der Waals surface area contributed by atoms with Crippen molar-refractivity contribution >= 4 is 31.4 Å². The van der Waals surface area contributed by atoms with Gasteiger partial charge in [-0.15, -0.1) is 20.4 Å². The normalized spacial score (nSPS) is 14.6. The number of aliphatic hydroxyl groups is 1. The van der Waals surface area contributed by atoms with E-state index in [0.717, 1.165) is 5.41 Å². The molecular formula is C40H39F4N7O7S2. The Morgan fingerprint density at radius 2 is 1.15 bits per heavy atom. The Labute approximate surface area is 343 Å². The third-order valence-corrected chi connectivity index (χ3v) is 12.2. The van der Waals surface area contributed by atoms with Gasteiger partial charge in [0.2, 0.25) is 21.8 Å². The highest BCUT2D eigenvalue weighted by Gasteiger charge is 2.27. The number of nitrogens with zero attached hydrogens (tertiary/aromatic N) is 7. The molecule has 0 aliphatic carbocycles. The molecule has 4 aromatic carbocycles. The van der Waals surface area contributed by atoms with Crippen molar-refractivity contribution in [3.8, 4) is 22.9 Å². The lowest BCUT2D eigenvalue weighted by atomic mass is 10.1. The third kappa shape index (κ3) is 11.2. The molecule has 14 nitrogen and oxygen atoms in total. The molecule has 0 spiro atoms. The summed E-state index contributed by atoms with van der Waals surface area (Å²) in [6.07, 6.45) is -5.45. The average molecular weight is 870 g/mol. The molecule has 1 saturated heterocycles. The standard InChI is InChI=1S/C22H24F2N4O4S.C18H15F2N3O3S/c23-20(24)22-26-25-21(32-22)17-8-6-16(7-9-17)14-28(18-4-2-1-3-5-18)33(30,31)13-12-27-11-10-19(29)15-27;1-2-27(24,25)23(15-6-4-3-5-7-15)12-13-8-10-14(11-9-13)17-21-22-18(26-17)16(19)20/h1-9,19-20,29H,10-15H2;2-11,16H,1,12H2/t19-;/m0./s1. The minimum absolute atomic E-state index is 0.0304. The molecule has 1 atom stereocenters. The number of β-amino-alcohol motifs (C(OH)–C–C–N with tert-alkyl or cyclic N) is 1. The predicted octanol–water partition coefficient (Wildman–Crippen LogP) is 7.23. The van der Waals surface area contributed by atoms with E-state index in [2.05, 4.69) is 27.0 Å². The summed E-state index contributed by atoms with van der Waals surface area (Å²) < 4.78 is 114. The topological polar surface area (TPSA) is 176 Å². The van der Waals surface area contributed by atoms with E-state index in [1.54, 1.807) is 103 Å². The minimum Gasteiger partial charge on any atom is -0.415 e. The Hall–Kier alpha value is -5.96. The van der Waals surface area contributed by atoms with Crippen molar-refractivity contribution in [3.05, 3.63) is 144 Å². The van der Waals surface area contributed by atoms with E-state index in [1.807, 2.05) is 11.0 Å². The van der Waals surface area contributed by atoms with Crippen LogP contribution in [0.5, 0.6) is 0 Å². The van der Waals surface area contributed by atoms with Crippen molar-refractivity contribution in [3.63, 3.8) is 0 Å². The van der Waals surface area contributed by atoms with Crippen molar-refractivity contribution < 1.29 is 48.3 Å². The second kappa shape index (κ2) is 19.4.